The number of hydrogen-bond donors (Lipinski definition) is 1. The van der Waals surface area contributed by atoms with Crippen LogP contribution in [0.25, 0.3) is 0 Å². The topological polar surface area (TPSA) is 32.3 Å². The Bertz CT molecular complexity index is 762. The van der Waals surface area contributed by atoms with E-state index in [-0.39, 0.29) is 5.91 Å². The molecule has 0 saturated carbocycles. The quantitative estimate of drug-likeness (QED) is 0.904. The number of fused-ring (bicyclic) bond motifs is 1. The van der Waals surface area contributed by atoms with Gasteiger partial charge >= 0.3 is 0 Å². The van der Waals surface area contributed by atoms with E-state index in [2.05, 4.69) is 46.6 Å². The molecule has 2 aromatic carbocycles. The van der Waals surface area contributed by atoms with E-state index in [1.807, 2.05) is 6.07 Å². The molecule has 1 fully saturated rings. The van der Waals surface area contributed by atoms with E-state index in [9.17, 15) is 4.79 Å². The molecule has 0 atom stereocenters. The van der Waals surface area contributed by atoms with Gasteiger partial charge in [-0.2, -0.15) is 0 Å². The monoisotopic (exact) mass is 334 g/mol. The van der Waals surface area contributed by atoms with Gasteiger partial charge in [-0.25, -0.2) is 0 Å². The van der Waals surface area contributed by atoms with E-state index in [1.165, 1.54) is 54.6 Å². The van der Waals surface area contributed by atoms with Crippen LogP contribution in [0, 0.1) is 0 Å². The number of nitrogens with zero attached hydrogens (tertiary/aromatic N) is 1. The van der Waals surface area contributed by atoms with Crippen LogP contribution < -0.4 is 5.32 Å². The van der Waals surface area contributed by atoms with Crippen molar-refractivity contribution in [3.05, 3.63) is 70.3 Å². The first-order valence-electron chi connectivity index (χ1n) is 9.49. The van der Waals surface area contributed by atoms with Crippen LogP contribution in [-0.2, 0) is 25.9 Å². The van der Waals surface area contributed by atoms with Gasteiger partial charge in [0.15, 0.2) is 0 Å². The highest BCUT2D eigenvalue weighted by molar-refractivity contribution is 5.94. The Morgan fingerprint density at radius 1 is 0.920 bits per heavy atom. The molecule has 4 rings (SSSR count). The minimum absolute atomic E-state index is 0.0330. The van der Waals surface area contributed by atoms with Gasteiger partial charge in [-0.15, -0.1) is 0 Å². The van der Waals surface area contributed by atoms with Crippen molar-refractivity contribution in [3.8, 4) is 0 Å². The second-order valence-electron chi connectivity index (χ2n) is 7.27. The summed E-state index contributed by atoms with van der Waals surface area (Å²) < 4.78 is 0. The van der Waals surface area contributed by atoms with Crippen molar-refractivity contribution in [2.24, 2.45) is 0 Å². The number of hydrogen-bond acceptors (Lipinski definition) is 2. The van der Waals surface area contributed by atoms with E-state index in [0.29, 0.717) is 6.54 Å². The van der Waals surface area contributed by atoms with Gasteiger partial charge in [-0.1, -0.05) is 30.3 Å². The second kappa shape index (κ2) is 7.40. The molecule has 0 radical (unpaired) electrons. The van der Waals surface area contributed by atoms with Crippen molar-refractivity contribution in [1.82, 2.24) is 10.2 Å². The third-order valence-electron chi connectivity index (χ3n) is 5.51. The molecule has 1 aliphatic carbocycles. The Morgan fingerprint density at radius 3 is 2.52 bits per heavy atom. The Hall–Kier alpha value is -2.13. The van der Waals surface area contributed by atoms with Crippen molar-refractivity contribution in [1.29, 1.82) is 0 Å². The van der Waals surface area contributed by atoms with Gasteiger partial charge in [0.25, 0.3) is 5.91 Å². The molecular weight excluding hydrogens is 308 g/mol. The molecule has 3 heteroatoms. The number of likely N-dealkylation sites (tertiary alicyclic amines) is 1. The summed E-state index contributed by atoms with van der Waals surface area (Å²) >= 11 is 0. The van der Waals surface area contributed by atoms with Crippen molar-refractivity contribution >= 4 is 5.91 Å². The Labute approximate surface area is 150 Å². The average Bonchev–Trinajstić information content (AvgIpc) is 3.31. The van der Waals surface area contributed by atoms with Crippen LogP contribution >= 0.6 is 0 Å². The standard InChI is InChI=1S/C22H26N2O/c25-22(19-11-10-17-8-5-9-18(17)14-19)23-15-20-6-1-2-7-21(20)16-24-12-3-4-13-24/h1-2,6-7,10-11,14H,3-5,8-9,12-13,15-16H2,(H,23,25). The molecule has 0 bridgehead atoms. The number of nitrogens with one attached hydrogen (secondary N) is 1. The van der Waals surface area contributed by atoms with Crippen molar-refractivity contribution in [2.75, 3.05) is 13.1 Å². The first-order valence-corrected chi connectivity index (χ1v) is 9.49. The second-order valence-corrected chi connectivity index (χ2v) is 7.27. The molecule has 0 unspecified atom stereocenters. The highest BCUT2D eigenvalue weighted by atomic mass is 16.1. The van der Waals surface area contributed by atoms with Gasteiger partial charge in [-0.3, -0.25) is 9.69 Å². The van der Waals surface area contributed by atoms with Crippen LogP contribution in [0.15, 0.2) is 42.5 Å². The highest BCUT2D eigenvalue weighted by Crippen LogP contribution is 2.23. The van der Waals surface area contributed by atoms with Gasteiger partial charge in [0, 0.05) is 18.7 Å². The van der Waals surface area contributed by atoms with Crippen LogP contribution in [0.4, 0.5) is 0 Å². The maximum atomic E-state index is 12.6. The predicted octanol–water partition coefficient (Wildman–Crippen LogP) is 3.70. The summed E-state index contributed by atoms with van der Waals surface area (Å²) in [4.78, 5) is 15.1. The average molecular weight is 334 g/mol. The summed E-state index contributed by atoms with van der Waals surface area (Å²) in [6.07, 6.45) is 6.08. The van der Waals surface area contributed by atoms with Gasteiger partial charge in [0.1, 0.15) is 0 Å². The van der Waals surface area contributed by atoms with Crippen LogP contribution in [0.2, 0.25) is 0 Å². The number of amides is 1. The molecule has 1 N–H and O–H groups in total. The normalized spacial score (nSPS) is 16.8. The maximum Gasteiger partial charge on any atom is 0.251 e. The molecule has 1 amide bonds. The van der Waals surface area contributed by atoms with Gasteiger partial charge in [0.05, 0.1) is 0 Å². The zero-order chi connectivity index (χ0) is 17.1. The summed E-state index contributed by atoms with van der Waals surface area (Å²) in [7, 11) is 0. The van der Waals surface area contributed by atoms with E-state index in [0.717, 1.165) is 24.9 Å². The van der Waals surface area contributed by atoms with E-state index >= 15 is 0 Å². The molecule has 0 aromatic heterocycles. The first kappa shape index (κ1) is 16.3. The number of aryl methyl sites for hydroxylation is 2. The summed E-state index contributed by atoms with van der Waals surface area (Å²) in [5.41, 5.74) is 6.11. The number of carbonyl (C=O) groups excluding carboxylic acids is 1. The lowest BCUT2D eigenvalue weighted by Gasteiger charge is -2.17. The van der Waals surface area contributed by atoms with Gasteiger partial charge < -0.3 is 5.32 Å². The molecule has 1 heterocycles. The van der Waals surface area contributed by atoms with Crippen LogP contribution in [0.1, 0.15) is 51.9 Å². The maximum absolute atomic E-state index is 12.6. The molecule has 1 aliphatic heterocycles. The molecule has 0 spiro atoms. The lowest BCUT2D eigenvalue weighted by molar-refractivity contribution is 0.0950. The fourth-order valence-corrected chi connectivity index (χ4v) is 4.06. The molecule has 3 nitrogen and oxygen atoms in total. The third-order valence-corrected chi connectivity index (χ3v) is 5.51. The van der Waals surface area contributed by atoms with Crippen LogP contribution in [0.5, 0.6) is 0 Å². The van der Waals surface area contributed by atoms with Gasteiger partial charge in [0.2, 0.25) is 0 Å². The number of carbonyl (C=O) groups is 1. The molecule has 1 saturated heterocycles. The molecule has 2 aliphatic rings. The Balaban J connectivity index is 1.41. The number of benzene rings is 2. The summed E-state index contributed by atoms with van der Waals surface area (Å²) in [5.74, 6) is 0.0330. The SMILES string of the molecule is O=C(NCc1ccccc1CN1CCCC1)c1ccc2c(c1)CCC2. The first-order chi connectivity index (χ1) is 12.3. The summed E-state index contributed by atoms with van der Waals surface area (Å²) in [5, 5.41) is 3.11. The smallest absolute Gasteiger partial charge is 0.251 e. The number of rotatable bonds is 5. The Morgan fingerprint density at radius 2 is 1.68 bits per heavy atom. The minimum atomic E-state index is 0.0330. The van der Waals surface area contributed by atoms with E-state index < -0.39 is 0 Å². The Kier molecular flexibility index (Phi) is 4.84. The zero-order valence-corrected chi connectivity index (χ0v) is 14.8. The summed E-state index contributed by atoms with van der Waals surface area (Å²) in [6.45, 7) is 3.97. The third kappa shape index (κ3) is 3.77. The molecular formula is C22H26N2O. The fraction of sp³-hybridized carbons (Fsp3) is 0.409. The van der Waals surface area contributed by atoms with Gasteiger partial charge in [-0.05, 0) is 79.6 Å². The highest BCUT2D eigenvalue weighted by Gasteiger charge is 2.15. The van der Waals surface area contributed by atoms with Crippen molar-refractivity contribution in [3.63, 3.8) is 0 Å². The van der Waals surface area contributed by atoms with E-state index in [1.54, 1.807) is 0 Å². The molecule has 130 valence electrons. The van der Waals surface area contributed by atoms with Crippen molar-refractivity contribution in [2.45, 2.75) is 45.2 Å². The zero-order valence-electron chi connectivity index (χ0n) is 14.8. The van der Waals surface area contributed by atoms with Crippen molar-refractivity contribution < 1.29 is 4.79 Å². The summed E-state index contributed by atoms with van der Waals surface area (Å²) in [6, 6.07) is 14.6. The predicted molar refractivity (Wildman–Crippen MR) is 101 cm³/mol. The largest absolute Gasteiger partial charge is 0.348 e. The van der Waals surface area contributed by atoms with E-state index in [4.69, 9.17) is 0 Å². The molecule has 2 aromatic rings. The lowest BCUT2D eigenvalue weighted by Crippen LogP contribution is -2.25. The fourth-order valence-electron chi connectivity index (χ4n) is 4.06. The van der Waals surface area contributed by atoms with Crippen LogP contribution in [0.3, 0.4) is 0 Å². The minimum Gasteiger partial charge on any atom is -0.348 e. The molecule has 25 heavy (non-hydrogen) atoms. The van der Waals surface area contributed by atoms with Crippen LogP contribution in [-0.4, -0.2) is 23.9 Å². The lowest BCUT2D eigenvalue weighted by atomic mass is 10.0.